The molecule has 0 saturated heterocycles. The second-order valence-corrected chi connectivity index (χ2v) is 5.21. The third kappa shape index (κ3) is 11.0. The highest BCUT2D eigenvalue weighted by Gasteiger charge is 2.05. The van der Waals surface area contributed by atoms with Crippen molar-refractivity contribution in [2.24, 2.45) is 4.99 Å². The van der Waals surface area contributed by atoms with Gasteiger partial charge >= 0.3 is 5.97 Å². The molecule has 1 aromatic carbocycles. The number of carbonyl (C=O) groups is 1. The number of nitrogens with one attached hydrogen (secondary N) is 2. The normalized spacial score (nSPS) is 10.9. The van der Waals surface area contributed by atoms with E-state index in [1.165, 1.54) is 5.56 Å². The number of hydrogen-bond donors (Lipinski definition) is 2. The van der Waals surface area contributed by atoms with Crippen LogP contribution in [-0.4, -0.2) is 37.7 Å². The molecule has 0 saturated carbocycles. The van der Waals surface area contributed by atoms with Gasteiger partial charge in [-0.3, -0.25) is 9.79 Å². The number of esters is 1. The first kappa shape index (κ1) is 21.7. The van der Waals surface area contributed by atoms with Gasteiger partial charge in [0, 0.05) is 13.1 Å². The van der Waals surface area contributed by atoms with E-state index >= 15 is 0 Å². The molecule has 0 radical (unpaired) electrons. The van der Waals surface area contributed by atoms with Crippen LogP contribution in [0, 0.1) is 0 Å². The highest BCUT2D eigenvalue weighted by atomic mass is 127. The summed E-state index contributed by atoms with van der Waals surface area (Å²) in [7, 11) is 0. The molecular weight excluding hydrogens is 405 g/mol. The number of hydrogen-bond acceptors (Lipinski definition) is 3. The zero-order chi connectivity index (χ0) is 16.2. The molecule has 0 aromatic heterocycles. The smallest absolute Gasteiger partial charge is 0.307 e. The minimum atomic E-state index is -0.209. The number of aliphatic imine (C=N–C) groups is 1. The van der Waals surface area contributed by atoms with E-state index in [1.54, 1.807) is 0 Å². The molecule has 2 N–H and O–H groups in total. The molecule has 1 rings (SSSR count). The average molecular weight is 433 g/mol. The van der Waals surface area contributed by atoms with Crippen molar-refractivity contribution in [3.63, 3.8) is 0 Å². The Bertz CT molecular complexity index is 464. The fourth-order valence-electron chi connectivity index (χ4n) is 1.89. The fraction of sp³-hybridized carbons (Fsp3) is 0.529. The van der Waals surface area contributed by atoms with Crippen LogP contribution >= 0.6 is 24.0 Å². The Morgan fingerprint density at radius 1 is 1.22 bits per heavy atom. The van der Waals surface area contributed by atoms with Gasteiger partial charge < -0.3 is 15.4 Å². The molecule has 5 nitrogen and oxygen atoms in total. The Morgan fingerprint density at radius 3 is 2.52 bits per heavy atom. The van der Waals surface area contributed by atoms with Crippen LogP contribution in [0.25, 0.3) is 0 Å². The third-order valence-electron chi connectivity index (χ3n) is 2.85. The van der Waals surface area contributed by atoms with E-state index < -0.39 is 0 Å². The summed E-state index contributed by atoms with van der Waals surface area (Å²) in [6.07, 6.45) is 1.15. The Labute approximate surface area is 156 Å². The number of rotatable bonds is 8. The summed E-state index contributed by atoms with van der Waals surface area (Å²) < 4.78 is 5.08. The van der Waals surface area contributed by atoms with Gasteiger partial charge in [-0.2, -0.15) is 0 Å². The van der Waals surface area contributed by atoms with Crippen LogP contribution in [0.4, 0.5) is 0 Å². The molecule has 0 heterocycles. The lowest BCUT2D eigenvalue weighted by Gasteiger charge is -2.11. The molecule has 0 unspecified atom stereocenters. The van der Waals surface area contributed by atoms with Crippen molar-refractivity contribution in [1.29, 1.82) is 0 Å². The van der Waals surface area contributed by atoms with E-state index in [4.69, 9.17) is 4.74 Å². The van der Waals surface area contributed by atoms with Gasteiger partial charge in [-0.15, -0.1) is 24.0 Å². The number of benzene rings is 1. The van der Waals surface area contributed by atoms with Crippen molar-refractivity contribution in [3.8, 4) is 0 Å². The summed E-state index contributed by atoms with van der Waals surface area (Å²) in [4.78, 5) is 15.8. The molecule has 1 aromatic rings. The molecule has 0 aliphatic rings. The van der Waals surface area contributed by atoms with Crippen molar-refractivity contribution < 1.29 is 9.53 Å². The van der Waals surface area contributed by atoms with Gasteiger partial charge in [0.2, 0.25) is 0 Å². The summed E-state index contributed by atoms with van der Waals surface area (Å²) in [6.45, 7) is 7.71. The second-order valence-electron chi connectivity index (χ2n) is 5.21. The largest absolute Gasteiger partial charge is 0.463 e. The molecule has 0 aliphatic carbocycles. The number of halogens is 1. The third-order valence-corrected chi connectivity index (χ3v) is 2.85. The van der Waals surface area contributed by atoms with Gasteiger partial charge in [0.25, 0.3) is 0 Å². The van der Waals surface area contributed by atoms with Crippen LogP contribution in [-0.2, 0) is 16.0 Å². The Kier molecular flexibility index (Phi) is 12.4. The Balaban J connectivity index is 0.00000484. The predicted octanol–water partition coefficient (Wildman–Crippen LogP) is 2.74. The Morgan fingerprint density at radius 2 is 1.91 bits per heavy atom. The lowest BCUT2D eigenvalue weighted by atomic mass is 10.1. The van der Waals surface area contributed by atoms with Crippen LogP contribution in [0.15, 0.2) is 35.3 Å². The van der Waals surface area contributed by atoms with Gasteiger partial charge in [-0.05, 0) is 32.8 Å². The summed E-state index contributed by atoms with van der Waals surface area (Å²) >= 11 is 0. The second kappa shape index (κ2) is 13.2. The highest BCUT2D eigenvalue weighted by Crippen LogP contribution is 1.98. The molecule has 0 amide bonds. The molecule has 0 atom stereocenters. The topological polar surface area (TPSA) is 62.7 Å². The maximum Gasteiger partial charge on any atom is 0.307 e. The molecule has 0 fully saturated rings. The Hall–Kier alpha value is -1.31. The summed E-state index contributed by atoms with van der Waals surface area (Å²) in [5.41, 5.74) is 1.28. The number of ether oxygens (including phenoxy) is 1. The van der Waals surface area contributed by atoms with Crippen LogP contribution in [0.5, 0.6) is 0 Å². The number of carbonyl (C=O) groups excluding carboxylic acids is 1. The van der Waals surface area contributed by atoms with E-state index in [1.807, 2.05) is 39.0 Å². The van der Waals surface area contributed by atoms with E-state index in [0.29, 0.717) is 13.0 Å². The zero-order valence-electron chi connectivity index (χ0n) is 14.2. The van der Waals surface area contributed by atoms with Gasteiger partial charge in [0.15, 0.2) is 5.96 Å². The summed E-state index contributed by atoms with van der Waals surface area (Å²) in [5, 5.41) is 6.44. The summed E-state index contributed by atoms with van der Waals surface area (Å²) in [5.74, 6) is 0.523. The SMILES string of the molecule is CCNC(=NCCC(=O)OC(C)C)NCCc1ccccc1.I. The highest BCUT2D eigenvalue weighted by molar-refractivity contribution is 14.0. The van der Waals surface area contributed by atoms with E-state index in [0.717, 1.165) is 25.5 Å². The maximum atomic E-state index is 11.5. The van der Waals surface area contributed by atoms with Crippen molar-refractivity contribution in [1.82, 2.24) is 10.6 Å². The first-order chi connectivity index (χ1) is 10.6. The van der Waals surface area contributed by atoms with Crippen molar-refractivity contribution >= 4 is 35.9 Å². The predicted molar refractivity (Wildman–Crippen MR) is 105 cm³/mol. The van der Waals surface area contributed by atoms with Crippen molar-refractivity contribution in [2.75, 3.05) is 19.6 Å². The fourth-order valence-corrected chi connectivity index (χ4v) is 1.89. The molecular formula is C17H28IN3O2. The van der Waals surface area contributed by atoms with Gasteiger partial charge in [-0.1, -0.05) is 30.3 Å². The van der Waals surface area contributed by atoms with Gasteiger partial charge in [0.05, 0.1) is 19.1 Å². The minimum Gasteiger partial charge on any atom is -0.463 e. The van der Waals surface area contributed by atoms with Crippen LogP contribution in [0.3, 0.4) is 0 Å². The van der Waals surface area contributed by atoms with Gasteiger partial charge in [0.1, 0.15) is 0 Å². The van der Waals surface area contributed by atoms with E-state index in [-0.39, 0.29) is 36.0 Å². The standard InChI is InChI=1S/C17H27N3O2.HI/c1-4-18-17(20-13-11-16(21)22-14(2)3)19-12-10-15-8-6-5-7-9-15;/h5-9,14H,4,10-13H2,1-3H3,(H2,18,19,20);1H. The minimum absolute atomic E-state index is 0. The molecule has 0 spiro atoms. The number of nitrogens with zero attached hydrogens (tertiary/aromatic N) is 1. The van der Waals surface area contributed by atoms with Crippen LogP contribution < -0.4 is 10.6 Å². The van der Waals surface area contributed by atoms with E-state index in [9.17, 15) is 4.79 Å². The maximum absolute atomic E-state index is 11.5. The first-order valence-corrected chi connectivity index (χ1v) is 7.87. The molecule has 0 bridgehead atoms. The summed E-state index contributed by atoms with van der Waals surface area (Å²) in [6, 6.07) is 10.3. The first-order valence-electron chi connectivity index (χ1n) is 7.87. The molecule has 6 heteroatoms. The number of guanidine groups is 1. The lowest BCUT2D eigenvalue weighted by Crippen LogP contribution is -2.38. The van der Waals surface area contributed by atoms with E-state index in [2.05, 4.69) is 27.8 Å². The van der Waals surface area contributed by atoms with Crippen LogP contribution in [0.2, 0.25) is 0 Å². The van der Waals surface area contributed by atoms with Crippen LogP contribution in [0.1, 0.15) is 32.8 Å². The van der Waals surface area contributed by atoms with Gasteiger partial charge in [-0.25, -0.2) is 0 Å². The lowest BCUT2D eigenvalue weighted by molar-refractivity contribution is -0.147. The molecule has 0 aliphatic heterocycles. The molecule has 130 valence electrons. The average Bonchev–Trinajstić information content (AvgIpc) is 2.47. The zero-order valence-corrected chi connectivity index (χ0v) is 16.5. The monoisotopic (exact) mass is 433 g/mol. The van der Waals surface area contributed by atoms with Crippen molar-refractivity contribution in [3.05, 3.63) is 35.9 Å². The quantitative estimate of drug-likeness (QED) is 0.287. The van der Waals surface area contributed by atoms with Crippen molar-refractivity contribution in [2.45, 2.75) is 39.7 Å². The molecule has 23 heavy (non-hydrogen) atoms.